The van der Waals surface area contributed by atoms with Crippen LogP contribution in [0.2, 0.25) is 0 Å². The first-order chi connectivity index (χ1) is 7.04. The summed E-state index contributed by atoms with van der Waals surface area (Å²) >= 11 is 0. The summed E-state index contributed by atoms with van der Waals surface area (Å²) in [6.45, 7) is 0. The topological polar surface area (TPSA) is 117 Å². The second kappa shape index (κ2) is 4.10. The van der Waals surface area contributed by atoms with Crippen LogP contribution < -0.4 is 10.1 Å². The fraction of sp³-hybridized carbons (Fsp3) is 0.143. The van der Waals surface area contributed by atoms with Crippen LogP contribution in [-0.4, -0.2) is 27.1 Å². The summed E-state index contributed by atoms with van der Waals surface area (Å²) in [5.41, 5.74) is 0.0399. The molecule has 1 rings (SSSR count). The molecule has 0 aliphatic rings. The van der Waals surface area contributed by atoms with Gasteiger partial charge in [-0.2, -0.15) is 10.4 Å². The lowest BCUT2D eigenvalue weighted by molar-refractivity contribution is 0.175. The molecule has 2 N–H and O–H groups in total. The van der Waals surface area contributed by atoms with Crippen molar-refractivity contribution in [3.05, 3.63) is 11.8 Å². The van der Waals surface area contributed by atoms with Gasteiger partial charge in [0.2, 0.25) is 5.88 Å². The Hall–Kier alpha value is -2.56. The average molecular weight is 210 g/mol. The predicted molar refractivity (Wildman–Crippen MR) is 45.1 cm³/mol. The highest BCUT2D eigenvalue weighted by molar-refractivity contribution is 5.87. The van der Waals surface area contributed by atoms with Crippen LogP contribution >= 0.6 is 0 Å². The van der Waals surface area contributed by atoms with Gasteiger partial charge in [-0.25, -0.2) is 19.6 Å². The number of rotatable bonds is 1. The molecular weight excluding hydrogens is 204 g/mol. The van der Waals surface area contributed by atoms with Crippen molar-refractivity contribution in [3.63, 3.8) is 0 Å². The van der Waals surface area contributed by atoms with Crippen molar-refractivity contribution in [3.8, 4) is 11.9 Å². The number of ether oxygens (including phenoxy) is 1. The summed E-state index contributed by atoms with van der Waals surface area (Å²) in [5, 5.41) is 21.9. The van der Waals surface area contributed by atoms with Gasteiger partial charge in [0.15, 0.2) is 0 Å². The number of carboxylic acid groups (broad SMARTS) is 1. The maximum absolute atomic E-state index is 10.9. The summed E-state index contributed by atoms with van der Waals surface area (Å²) in [4.78, 5) is 21.0. The molecule has 0 saturated heterocycles. The Labute approximate surface area is 83.7 Å². The van der Waals surface area contributed by atoms with Gasteiger partial charge < -0.3 is 9.84 Å². The molecule has 0 saturated carbocycles. The number of carbonyl (C=O) groups excluding carboxylic acids is 1. The lowest BCUT2D eigenvalue weighted by atomic mass is 10.4. The first kappa shape index (κ1) is 10.5. The number of hydrogen-bond acceptors (Lipinski definition) is 5. The number of aryl methyl sites for hydroxylation is 1. The fourth-order valence-electron chi connectivity index (χ4n) is 0.825. The number of nitrogens with zero attached hydrogens (tertiary/aromatic N) is 3. The van der Waals surface area contributed by atoms with E-state index < -0.39 is 12.2 Å². The highest BCUT2D eigenvalue weighted by Crippen LogP contribution is 2.15. The van der Waals surface area contributed by atoms with Crippen molar-refractivity contribution in [2.24, 2.45) is 7.05 Å². The van der Waals surface area contributed by atoms with Gasteiger partial charge in [0, 0.05) is 7.05 Å². The maximum Gasteiger partial charge on any atom is 0.423 e. The molecule has 0 aromatic carbocycles. The van der Waals surface area contributed by atoms with Crippen LogP contribution in [0.25, 0.3) is 0 Å². The monoisotopic (exact) mass is 210 g/mol. The molecule has 0 spiro atoms. The van der Waals surface area contributed by atoms with E-state index in [1.54, 1.807) is 6.07 Å². The van der Waals surface area contributed by atoms with Crippen LogP contribution in [0, 0.1) is 11.3 Å². The summed E-state index contributed by atoms with van der Waals surface area (Å²) in [5.74, 6) is -0.115. The van der Waals surface area contributed by atoms with Crippen molar-refractivity contribution in [1.82, 2.24) is 15.1 Å². The highest BCUT2D eigenvalue weighted by Gasteiger charge is 2.15. The van der Waals surface area contributed by atoms with E-state index in [2.05, 4.69) is 9.84 Å². The van der Waals surface area contributed by atoms with E-state index in [4.69, 9.17) is 10.4 Å². The molecule has 0 unspecified atom stereocenters. The quantitative estimate of drug-likeness (QED) is 0.676. The number of amides is 2. The lowest BCUT2D eigenvalue weighted by Crippen LogP contribution is -2.32. The molecule has 0 atom stereocenters. The molecule has 8 nitrogen and oxygen atoms in total. The normalized spacial score (nSPS) is 9.07. The van der Waals surface area contributed by atoms with E-state index in [0.717, 1.165) is 4.68 Å². The Morgan fingerprint density at radius 3 is 2.93 bits per heavy atom. The standard InChI is InChI=1S/C7H6N4O4/c1-11-5(4(2-8)3-9-11)15-7(14)10-6(12)13/h3H,1H3,(H,10,14)(H,12,13). The van der Waals surface area contributed by atoms with E-state index in [9.17, 15) is 9.59 Å². The zero-order valence-corrected chi connectivity index (χ0v) is 7.59. The zero-order chi connectivity index (χ0) is 11.4. The molecular formula is C7H6N4O4. The molecule has 78 valence electrons. The summed E-state index contributed by atoms with van der Waals surface area (Å²) in [6.07, 6.45) is -1.54. The first-order valence-electron chi connectivity index (χ1n) is 3.68. The van der Waals surface area contributed by atoms with Crippen molar-refractivity contribution in [2.75, 3.05) is 0 Å². The van der Waals surface area contributed by atoms with Gasteiger partial charge in [-0.1, -0.05) is 0 Å². The summed E-state index contributed by atoms with van der Waals surface area (Å²) in [7, 11) is 1.45. The number of imide groups is 1. The molecule has 2 amide bonds. The van der Waals surface area contributed by atoms with Crippen LogP contribution in [0.4, 0.5) is 9.59 Å². The van der Waals surface area contributed by atoms with Crippen molar-refractivity contribution >= 4 is 12.2 Å². The van der Waals surface area contributed by atoms with E-state index in [-0.39, 0.29) is 11.4 Å². The van der Waals surface area contributed by atoms with Crippen molar-refractivity contribution in [2.45, 2.75) is 0 Å². The lowest BCUT2D eigenvalue weighted by Gasteiger charge is -2.03. The number of aromatic nitrogens is 2. The van der Waals surface area contributed by atoms with E-state index in [1.807, 2.05) is 0 Å². The molecule has 1 heterocycles. The van der Waals surface area contributed by atoms with Gasteiger partial charge in [0.05, 0.1) is 6.20 Å². The Balaban J connectivity index is 2.81. The first-order valence-corrected chi connectivity index (χ1v) is 3.68. The number of hydrogen-bond donors (Lipinski definition) is 2. The van der Waals surface area contributed by atoms with Gasteiger partial charge in [-0.15, -0.1) is 0 Å². The number of carbonyl (C=O) groups is 2. The van der Waals surface area contributed by atoms with E-state index in [0.29, 0.717) is 0 Å². The largest absolute Gasteiger partial charge is 0.465 e. The van der Waals surface area contributed by atoms with Crippen LogP contribution in [-0.2, 0) is 7.05 Å². The summed E-state index contributed by atoms with van der Waals surface area (Å²) in [6, 6.07) is 1.74. The Morgan fingerprint density at radius 1 is 1.73 bits per heavy atom. The van der Waals surface area contributed by atoms with Crippen LogP contribution in [0.5, 0.6) is 5.88 Å². The van der Waals surface area contributed by atoms with Crippen LogP contribution in [0.3, 0.4) is 0 Å². The third-order valence-electron chi connectivity index (χ3n) is 1.40. The summed E-state index contributed by atoms with van der Waals surface area (Å²) < 4.78 is 5.70. The predicted octanol–water partition coefficient (Wildman–Crippen LogP) is 0.0582. The van der Waals surface area contributed by atoms with Gasteiger partial charge >= 0.3 is 12.2 Å². The van der Waals surface area contributed by atoms with E-state index >= 15 is 0 Å². The third-order valence-corrected chi connectivity index (χ3v) is 1.40. The molecule has 0 aliphatic heterocycles. The molecule has 1 aromatic heterocycles. The van der Waals surface area contributed by atoms with Crippen molar-refractivity contribution in [1.29, 1.82) is 5.26 Å². The second-order valence-electron chi connectivity index (χ2n) is 2.42. The minimum absolute atomic E-state index is 0.0399. The maximum atomic E-state index is 10.9. The van der Waals surface area contributed by atoms with Gasteiger partial charge in [-0.3, -0.25) is 0 Å². The van der Waals surface area contributed by atoms with Gasteiger partial charge in [0.25, 0.3) is 0 Å². The van der Waals surface area contributed by atoms with Gasteiger partial charge in [0.1, 0.15) is 11.6 Å². The third kappa shape index (κ3) is 2.44. The molecule has 15 heavy (non-hydrogen) atoms. The fourth-order valence-corrected chi connectivity index (χ4v) is 0.825. The molecule has 0 radical (unpaired) electrons. The van der Waals surface area contributed by atoms with Crippen LogP contribution in [0.15, 0.2) is 6.20 Å². The Bertz CT molecular complexity index is 444. The minimum Gasteiger partial charge on any atom is -0.465 e. The zero-order valence-electron chi connectivity index (χ0n) is 7.59. The minimum atomic E-state index is -1.54. The molecule has 8 heteroatoms. The van der Waals surface area contributed by atoms with E-state index in [1.165, 1.54) is 18.6 Å². The van der Waals surface area contributed by atoms with Crippen LogP contribution in [0.1, 0.15) is 5.56 Å². The Kier molecular flexibility index (Phi) is 2.88. The second-order valence-corrected chi connectivity index (χ2v) is 2.42. The molecule has 1 aromatic rings. The SMILES string of the molecule is Cn1ncc(C#N)c1OC(=O)NC(=O)O. The average Bonchev–Trinajstić information content (AvgIpc) is 2.46. The molecule has 0 bridgehead atoms. The smallest absolute Gasteiger partial charge is 0.423 e. The number of nitriles is 1. The van der Waals surface area contributed by atoms with Gasteiger partial charge in [-0.05, 0) is 0 Å². The van der Waals surface area contributed by atoms with Crippen molar-refractivity contribution < 1.29 is 19.4 Å². The Morgan fingerprint density at radius 2 is 2.40 bits per heavy atom. The highest BCUT2D eigenvalue weighted by atomic mass is 16.6. The molecule has 0 fully saturated rings. The molecule has 0 aliphatic carbocycles. The number of nitrogens with one attached hydrogen (secondary N) is 1.